The molecule has 3 aromatic heterocycles. The zero-order valence-electron chi connectivity index (χ0n) is 26.3. The predicted octanol–water partition coefficient (Wildman–Crippen LogP) is 2.42. The van der Waals surface area contributed by atoms with Crippen molar-refractivity contribution in [2.24, 2.45) is 17.8 Å². The maximum atomic E-state index is 13.5. The summed E-state index contributed by atoms with van der Waals surface area (Å²) in [5.74, 6) is -1.58. The smallest absolute Gasteiger partial charge is 0.287 e. The van der Waals surface area contributed by atoms with Gasteiger partial charge in [0.25, 0.3) is 17.4 Å². The van der Waals surface area contributed by atoms with Crippen LogP contribution in [0.4, 0.5) is 5.69 Å². The quantitative estimate of drug-likeness (QED) is 0.218. The van der Waals surface area contributed by atoms with Crippen LogP contribution in [0.3, 0.4) is 0 Å². The number of ketones is 1. The summed E-state index contributed by atoms with van der Waals surface area (Å²) in [4.78, 5) is 82.4. The number of imidazole rings is 1. The van der Waals surface area contributed by atoms with E-state index in [1.165, 1.54) is 48.1 Å². The highest BCUT2D eigenvalue weighted by molar-refractivity contribution is 7.15. The molecule has 0 aliphatic heterocycles. The first-order valence-corrected chi connectivity index (χ1v) is 16.7. The average molecular weight is 652 g/mol. The van der Waals surface area contributed by atoms with Crippen LogP contribution in [0.15, 0.2) is 34.7 Å². The Bertz CT molecular complexity index is 1690. The van der Waals surface area contributed by atoms with E-state index < -0.39 is 35.1 Å². The lowest BCUT2D eigenvalue weighted by molar-refractivity contribution is -0.137. The minimum Gasteiger partial charge on any atom is -0.353 e. The second kappa shape index (κ2) is 14.4. The minimum absolute atomic E-state index is 0.0860. The first kappa shape index (κ1) is 33.0. The van der Waals surface area contributed by atoms with Crippen molar-refractivity contribution in [3.63, 3.8) is 0 Å². The summed E-state index contributed by atoms with van der Waals surface area (Å²) in [5, 5.41) is 12.5. The van der Waals surface area contributed by atoms with Gasteiger partial charge in [0.1, 0.15) is 24.0 Å². The van der Waals surface area contributed by atoms with Crippen LogP contribution in [0.5, 0.6) is 0 Å². The molecule has 3 heterocycles. The van der Waals surface area contributed by atoms with E-state index in [0.717, 1.165) is 31.6 Å². The van der Waals surface area contributed by atoms with Gasteiger partial charge in [-0.15, -0.1) is 11.3 Å². The summed E-state index contributed by atoms with van der Waals surface area (Å²) in [5.41, 5.74) is 0.0115. The normalized spacial score (nSPS) is 21.3. The van der Waals surface area contributed by atoms with Gasteiger partial charge in [0.05, 0.1) is 5.69 Å². The molecule has 14 heteroatoms. The molecule has 2 aliphatic rings. The molecule has 4 N–H and O–H groups in total. The number of hydrogen-bond acceptors (Lipinski definition) is 8. The minimum atomic E-state index is -1.27. The average Bonchev–Trinajstić information content (AvgIpc) is 3.61. The summed E-state index contributed by atoms with van der Waals surface area (Å²) in [7, 11) is 1.32. The number of carbonyl (C=O) groups excluding carboxylic acids is 5. The molecule has 2 bridgehead atoms. The van der Waals surface area contributed by atoms with Crippen LogP contribution in [-0.4, -0.2) is 62.5 Å². The molecule has 5 rings (SSSR count). The van der Waals surface area contributed by atoms with Crippen molar-refractivity contribution >= 4 is 51.4 Å². The van der Waals surface area contributed by atoms with E-state index in [1.807, 2.05) is 0 Å². The molecular formula is C32H41N7O6S. The molecule has 5 atom stereocenters. The van der Waals surface area contributed by atoms with Crippen LogP contribution < -0.4 is 26.8 Å². The van der Waals surface area contributed by atoms with Gasteiger partial charge in [-0.2, -0.15) is 0 Å². The number of pyridine rings is 1. The third-order valence-electron chi connectivity index (χ3n) is 9.33. The van der Waals surface area contributed by atoms with E-state index in [1.54, 1.807) is 29.0 Å². The molecule has 46 heavy (non-hydrogen) atoms. The molecule has 4 unspecified atom stereocenters. The van der Waals surface area contributed by atoms with Crippen molar-refractivity contribution in [1.29, 1.82) is 0 Å². The Morgan fingerprint density at radius 1 is 1.13 bits per heavy atom. The molecule has 0 radical (unpaired) electrons. The second-order valence-corrected chi connectivity index (χ2v) is 13.2. The largest absolute Gasteiger partial charge is 0.353 e. The Morgan fingerprint density at radius 2 is 1.93 bits per heavy atom. The number of aromatic nitrogens is 3. The number of fused-ring (bicyclic) bond motifs is 3. The van der Waals surface area contributed by atoms with Gasteiger partial charge in [-0.05, 0) is 62.5 Å². The van der Waals surface area contributed by atoms with E-state index in [0.29, 0.717) is 22.5 Å². The van der Waals surface area contributed by atoms with Crippen LogP contribution in [0, 0.1) is 24.7 Å². The number of thiazole rings is 1. The molecule has 3 aromatic rings. The van der Waals surface area contributed by atoms with E-state index in [4.69, 9.17) is 0 Å². The fraction of sp³-hybridized carbons (Fsp3) is 0.531. The summed E-state index contributed by atoms with van der Waals surface area (Å²) in [6.45, 7) is 3.62. The third kappa shape index (κ3) is 7.22. The van der Waals surface area contributed by atoms with Gasteiger partial charge in [0.15, 0.2) is 4.96 Å². The maximum absolute atomic E-state index is 13.5. The highest BCUT2D eigenvalue weighted by Gasteiger charge is 2.39. The zero-order valence-corrected chi connectivity index (χ0v) is 27.2. The first-order valence-electron chi connectivity index (χ1n) is 15.9. The van der Waals surface area contributed by atoms with Gasteiger partial charge in [-0.25, -0.2) is 4.98 Å². The van der Waals surface area contributed by atoms with Gasteiger partial charge in [0, 0.05) is 37.3 Å². The van der Waals surface area contributed by atoms with Crippen molar-refractivity contribution in [1.82, 2.24) is 29.9 Å². The van der Waals surface area contributed by atoms with Crippen molar-refractivity contribution in [2.45, 2.75) is 83.8 Å². The van der Waals surface area contributed by atoms with E-state index in [9.17, 15) is 28.8 Å². The lowest BCUT2D eigenvalue weighted by atomic mass is 9.64. The topological polar surface area (TPSA) is 173 Å². The van der Waals surface area contributed by atoms with Gasteiger partial charge in [0.2, 0.25) is 17.6 Å². The van der Waals surface area contributed by atoms with Gasteiger partial charge < -0.3 is 25.8 Å². The monoisotopic (exact) mass is 651 g/mol. The van der Waals surface area contributed by atoms with Gasteiger partial charge >= 0.3 is 0 Å². The van der Waals surface area contributed by atoms with Crippen molar-refractivity contribution < 1.29 is 24.0 Å². The standard InChI is InChI=1S/C32H41N7O6S/c1-4-20-15-19-7-5-8-21(16-19)26(20)37-25(41)17-38-12-6-9-23(31(38)45)36-28(42)22(10-11-24(40)29(43)33-3)35-30(44)27-18(2)34-32-39(27)13-14-46-32/h6,9,12-14,19-22,26H,4-5,7-8,10-11,15-17H2,1-3H3,(H,33,43)(H,35,44)(H,36,42)(H,37,41)/t19?,20?,21?,22-,26?/m0/s1. The van der Waals surface area contributed by atoms with Crippen LogP contribution in [0.25, 0.3) is 4.96 Å². The fourth-order valence-corrected chi connectivity index (χ4v) is 7.80. The highest BCUT2D eigenvalue weighted by atomic mass is 32.1. The Hall–Kier alpha value is -4.33. The lowest BCUT2D eigenvalue weighted by Gasteiger charge is -2.45. The SMILES string of the molecule is CCC1CC2CCCC(C2)C1NC(=O)Cn1cccc(NC(=O)[C@H](CCC(=O)C(=O)NC)NC(=O)c2c(C)nc3sccn23)c1=O. The Balaban J connectivity index is 1.29. The number of hydrogen-bond donors (Lipinski definition) is 4. The van der Waals surface area contributed by atoms with Crippen molar-refractivity contribution in [2.75, 3.05) is 12.4 Å². The number of nitrogens with zero attached hydrogens (tertiary/aromatic N) is 3. The van der Waals surface area contributed by atoms with Gasteiger partial charge in [-0.1, -0.05) is 26.2 Å². The number of carbonyl (C=O) groups is 5. The zero-order chi connectivity index (χ0) is 33.0. The number of aryl methyl sites for hydroxylation is 1. The molecule has 13 nitrogen and oxygen atoms in total. The molecule has 4 amide bonds. The fourth-order valence-electron chi connectivity index (χ4n) is 7.04. The predicted molar refractivity (Wildman–Crippen MR) is 172 cm³/mol. The molecule has 2 fully saturated rings. The number of nitrogens with one attached hydrogen (secondary N) is 4. The van der Waals surface area contributed by atoms with Crippen LogP contribution >= 0.6 is 11.3 Å². The number of Topliss-reactive ketones (excluding diaryl/α,β-unsaturated/α-hetero) is 1. The van der Waals surface area contributed by atoms with E-state index in [2.05, 4.69) is 33.2 Å². The summed E-state index contributed by atoms with van der Waals surface area (Å²) < 4.78 is 2.84. The number of anilines is 1. The highest BCUT2D eigenvalue weighted by Crippen LogP contribution is 2.43. The van der Waals surface area contributed by atoms with Crippen LogP contribution in [0.1, 0.15) is 74.5 Å². The first-order chi connectivity index (χ1) is 22.1. The maximum Gasteiger partial charge on any atom is 0.287 e. The van der Waals surface area contributed by atoms with Crippen LogP contribution in [-0.2, 0) is 25.7 Å². The summed E-state index contributed by atoms with van der Waals surface area (Å²) >= 11 is 1.35. The molecule has 2 saturated carbocycles. The Kier molecular flexibility index (Phi) is 10.3. The number of rotatable bonds is 12. The summed E-state index contributed by atoms with van der Waals surface area (Å²) in [6.07, 6.45) is 9.44. The lowest BCUT2D eigenvalue weighted by Crippen LogP contribution is -2.51. The van der Waals surface area contributed by atoms with E-state index >= 15 is 0 Å². The van der Waals surface area contributed by atoms with Crippen molar-refractivity contribution in [3.05, 3.63) is 51.6 Å². The molecule has 2 aliphatic carbocycles. The van der Waals surface area contributed by atoms with Crippen LogP contribution in [0.2, 0.25) is 0 Å². The van der Waals surface area contributed by atoms with Crippen molar-refractivity contribution in [3.8, 4) is 0 Å². The second-order valence-electron chi connectivity index (χ2n) is 12.3. The Labute approximate surface area is 270 Å². The van der Waals surface area contributed by atoms with Gasteiger partial charge in [-0.3, -0.25) is 33.2 Å². The third-order valence-corrected chi connectivity index (χ3v) is 10.1. The summed E-state index contributed by atoms with van der Waals surface area (Å²) in [6, 6.07) is 1.79. The molecule has 0 aromatic carbocycles. The number of likely N-dealkylation sites (N-methyl/N-ethyl adjacent to an activating group) is 1. The molecular weight excluding hydrogens is 610 g/mol. The molecule has 0 saturated heterocycles. The van der Waals surface area contributed by atoms with E-state index in [-0.39, 0.29) is 42.7 Å². The molecule has 0 spiro atoms. The Morgan fingerprint density at radius 3 is 2.70 bits per heavy atom. The molecule has 246 valence electrons. The number of amides is 4.